The molecule has 26 heavy (non-hydrogen) atoms. The van der Waals surface area contributed by atoms with Crippen molar-refractivity contribution in [3.63, 3.8) is 0 Å². The second-order valence-electron chi connectivity index (χ2n) is 5.53. The monoisotopic (exact) mass is 374 g/mol. The molecular weight excluding hydrogens is 349 g/mol. The summed E-state index contributed by atoms with van der Waals surface area (Å²) in [5, 5.41) is 8.87. The van der Waals surface area contributed by atoms with Crippen molar-refractivity contribution in [2.45, 2.75) is 33.2 Å². The number of carbonyl (C=O) groups excluding carboxylic acids is 1. The van der Waals surface area contributed by atoms with Gasteiger partial charge in [-0.15, -0.1) is 0 Å². The van der Waals surface area contributed by atoms with Gasteiger partial charge in [0.05, 0.1) is 13.2 Å². The minimum atomic E-state index is -4.32. The number of nitrogens with one attached hydrogen (secondary N) is 3. The van der Waals surface area contributed by atoms with Crippen molar-refractivity contribution in [2.75, 3.05) is 26.2 Å². The van der Waals surface area contributed by atoms with Crippen molar-refractivity contribution in [1.29, 1.82) is 0 Å². The molecular formula is C17H25F3N4O2. The third-order valence-electron chi connectivity index (χ3n) is 3.11. The predicted molar refractivity (Wildman–Crippen MR) is 93.7 cm³/mol. The van der Waals surface area contributed by atoms with E-state index in [9.17, 15) is 18.0 Å². The molecule has 0 aromatic heterocycles. The number of rotatable bonds is 9. The third kappa shape index (κ3) is 10.5. The van der Waals surface area contributed by atoms with Crippen molar-refractivity contribution in [3.8, 4) is 0 Å². The SMILES string of the molecule is CCNC(=NCc1ccc(COCC(F)(F)F)cc1)NCCNC(C)=O. The maximum atomic E-state index is 12.0. The van der Waals surface area contributed by atoms with Gasteiger partial charge in [-0.05, 0) is 18.1 Å². The summed E-state index contributed by atoms with van der Waals surface area (Å²) in [6, 6.07) is 7.05. The summed E-state index contributed by atoms with van der Waals surface area (Å²) in [6.45, 7) is 4.21. The first-order chi connectivity index (χ1) is 12.3. The topological polar surface area (TPSA) is 74.8 Å². The van der Waals surface area contributed by atoms with Crippen LogP contribution in [0.25, 0.3) is 0 Å². The summed E-state index contributed by atoms with van der Waals surface area (Å²) < 4.78 is 40.7. The number of hydrogen-bond acceptors (Lipinski definition) is 3. The fraction of sp³-hybridized carbons (Fsp3) is 0.529. The van der Waals surface area contributed by atoms with Crippen LogP contribution in [-0.2, 0) is 22.7 Å². The lowest BCUT2D eigenvalue weighted by Crippen LogP contribution is -2.41. The lowest BCUT2D eigenvalue weighted by Gasteiger charge is -2.11. The Morgan fingerprint density at radius 2 is 1.69 bits per heavy atom. The molecule has 0 unspecified atom stereocenters. The highest BCUT2D eigenvalue weighted by atomic mass is 19.4. The van der Waals surface area contributed by atoms with Gasteiger partial charge in [-0.3, -0.25) is 4.79 Å². The number of alkyl halides is 3. The number of hydrogen-bond donors (Lipinski definition) is 3. The predicted octanol–water partition coefficient (Wildman–Crippen LogP) is 1.96. The first-order valence-electron chi connectivity index (χ1n) is 8.29. The molecule has 1 rings (SSSR count). The molecule has 0 bridgehead atoms. The average molecular weight is 374 g/mol. The Morgan fingerprint density at radius 3 is 2.27 bits per heavy atom. The molecule has 1 amide bonds. The first kappa shape index (κ1) is 21.8. The van der Waals surface area contributed by atoms with E-state index in [1.54, 1.807) is 24.3 Å². The molecule has 0 radical (unpaired) electrons. The third-order valence-corrected chi connectivity index (χ3v) is 3.11. The van der Waals surface area contributed by atoms with Gasteiger partial charge in [0, 0.05) is 26.6 Å². The molecule has 1 aromatic carbocycles. The summed E-state index contributed by atoms with van der Waals surface area (Å²) in [5.41, 5.74) is 1.59. The van der Waals surface area contributed by atoms with Crippen LogP contribution in [0.2, 0.25) is 0 Å². The summed E-state index contributed by atoms with van der Waals surface area (Å²) in [7, 11) is 0. The van der Waals surface area contributed by atoms with Gasteiger partial charge in [-0.1, -0.05) is 24.3 Å². The summed E-state index contributed by atoms with van der Waals surface area (Å²) in [6.07, 6.45) is -4.32. The van der Waals surface area contributed by atoms with Crippen LogP contribution < -0.4 is 16.0 Å². The van der Waals surface area contributed by atoms with Crippen LogP contribution in [0.1, 0.15) is 25.0 Å². The number of benzene rings is 1. The van der Waals surface area contributed by atoms with Gasteiger partial charge in [0.2, 0.25) is 5.91 Å². The summed E-state index contributed by atoms with van der Waals surface area (Å²) in [4.78, 5) is 15.2. The van der Waals surface area contributed by atoms with E-state index in [1.165, 1.54) is 6.92 Å². The summed E-state index contributed by atoms with van der Waals surface area (Å²) in [5.74, 6) is 0.531. The lowest BCUT2D eigenvalue weighted by molar-refractivity contribution is -0.176. The van der Waals surface area contributed by atoms with Gasteiger partial charge in [-0.25, -0.2) is 4.99 Å². The molecule has 1 aromatic rings. The average Bonchev–Trinajstić information content (AvgIpc) is 2.56. The smallest absolute Gasteiger partial charge is 0.367 e. The van der Waals surface area contributed by atoms with Crippen molar-refractivity contribution in [3.05, 3.63) is 35.4 Å². The molecule has 6 nitrogen and oxygen atoms in total. The van der Waals surface area contributed by atoms with Gasteiger partial charge in [0.1, 0.15) is 6.61 Å². The zero-order valence-electron chi connectivity index (χ0n) is 14.9. The molecule has 9 heteroatoms. The van der Waals surface area contributed by atoms with E-state index in [0.717, 1.165) is 5.56 Å². The normalized spacial score (nSPS) is 12.0. The minimum Gasteiger partial charge on any atom is -0.367 e. The van der Waals surface area contributed by atoms with Gasteiger partial charge < -0.3 is 20.7 Å². The number of amides is 1. The molecule has 0 saturated carbocycles. The number of halogens is 3. The van der Waals surface area contributed by atoms with Crippen molar-refractivity contribution < 1.29 is 22.7 Å². The van der Waals surface area contributed by atoms with E-state index in [4.69, 9.17) is 0 Å². The molecule has 3 N–H and O–H groups in total. The van der Waals surface area contributed by atoms with Crippen LogP contribution in [0.4, 0.5) is 13.2 Å². The Hall–Kier alpha value is -2.29. The van der Waals surface area contributed by atoms with Crippen molar-refractivity contribution in [1.82, 2.24) is 16.0 Å². The zero-order valence-corrected chi connectivity index (χ0v) is 14.9. The van der Waals surface area contributed by atoms with Crippen molar-refractivity contribution in [2.24, 2.45) is 4.99 Å². The quantitative estimate of drug-likeness (QED) is 0.351. The van der Waals surface area contributed by atoms with Crippen molar-refractivity contribution >= 4 is 11.9 Å². The first-order valence-corrected chi connectivity index (χ1v) is 8.29. The molecule has 0 fully saturated rings. The maximum Gasteiger partial charge on any atom is 0.411 e. The number of ether oxygens (including phenoxy) is 1. The fourth-order valence-electron chi connectivity index (χ4n) is 1.96. The molecule has 0 spiro atoms. The molecule has 0 saturated heterocycles. The highest BCUT2D eigenvalue weighted by Gasteiger charge is 2.27. The largest absolute Gasteiger partial charge is 0.411 e. The number of nitrogens with zero attached hydrogens (tertiary/aromatic N) is 1. The number of guanidine groups is 1. The van der Waals surface area contributed by atoms with Gasteiger partial charge in [0.15, 0.2) is 5.96 Å². The van der Waals surface area contributed by atoms with Crippen LogP contribution in [-0.4, -0.2) is 44.3 Å². The van der Waals surface area contributed by atoms with Crippen LogP contribution in [0, 0.1) is 0 Å². The van der Waals surface area contributed by atoms with E-state index < -0.39 is 12.8 Å². The zero-order chi connectivity index (χ0) is 19.4. The van der Waals surface area contributed by atoms with Crippen LogP contribution >= 0.6 is 0 Å². The Morgan fingerprint density at radius 1 is 1.08 bits per heavy atom. The molecule has 0 heterocycles. The van der Waals surface area contributed by atoms with E-state index in [1.807, 2.05) is 6.92 Å². The number of aliphatic imine (C=N–C) groups is 1. The van der Waals surface area contributed by atoms with Crippen LogP contribution in [0.3, 0.4) is 0 Å². The molecule has 146 valence electrons. The van der Waals surface area contributed by atoms with Gasteiger partial charge >= 0.3 is 6.18 Å². The highest BCUT2D eigenvalue weighted by molar-refractivity contribution is 5.79. The van der Waals surface area contributed by atoms with Gasteiger partial charge in [-0.2, -0.15) is 13.2 Å². The standard InChI is InChI=1S/C17H25F3N4O2/c1-3-21-16(23-9-8-22-13(2)25)24-10-14-4-6-15(7-5-14)11-26-12-17(18,19)20/h4-7H,3,8-12H2,1-2H3,(H,22,25)(H2,21,23,24). The minimum absolute atomic E-state index is 0.0869. The molecule has 0 aliphatic heterocycles. The van der Waals surface area contributed by atoms with E-state index in [2.05, 4.69) is 25.7 Å². The second kappa shape index (κ2) is 11.3. The molecule has 0 aliphatic carbocycles. The molecule has 0 aliphatic rings. The Kier molecular flexibility index (Phi) is 9.50. The highest BCUT2D eigenvalue weighted by Crippen LogP contribution is 2.15. The van der Waals surface area contributed by atoms with E-state index in [-0.39, 0.29) is 12.5 Å². The Balaban J connectivity index is 2.46. The van der Waals surface area contributed by atoms with Crippen LogP contribution in [0.15, 0.2) is 29.3 Å². The fourth-order valence-corrected chi connectivity index (χ4v) is 1.96. The van der Waals surface area contributed by atoms with Crippen LogP contribution in [0.5, 0.6) is 0 Å². The Bertz CT molecular complexity index is 574. The van der Waals surface area contributed by atoms with Gasteiger partial charge in [0.25, 0.3) is 0 Å². The van der Waals surface area contributed by atoms with E-state index in [0.29, 0.717) is 37.7 Å². The Labute approximate surface area is 151 Å². The number of carbonyl (C=O) groups is 1. The van der Waals surface area contributed by atoms with E-state index >= 15 is 0 Å². The summed E-state index contributed by atoms with van der Waals surface area (Å²) >= 11 is 0. The maximum absolute atomic E-state index is 12.0. The second-order valence-corrected chi connectivity index (χ2v) is 5.53. The molecule has 0 atom stereocenters. The lowest BCUT2D eigenvalue weighted by atomic mass is 10.1.